The normalized spacial score (nSPS) is 20.0. The number of hydrogen-bond acceptors (Lipinski definition) is 11. The molecule has 2 aliphatic heterocycles. The summed E-state index contributed by atoms with van der Waals surface area (Å²) in [7, 11) is -3.48. The molecule has 3 aromatic rings. The summed E-state index contributed by atoms with van der Waals surface area (Å²) in [4.78, 5) is 15.7. The number of pyridine rings is 1. The van der Waals surface area contributed by atoms with Gasteiger partial charge >= 0.3 is 0 Å². The van der Waals surface area contributed by atoms with Crippen molar-refractivity contribution in [1.29, 1.82) is 0 Å². The number of ether oxygens (including phenoxy) is 1. The third-order valence-electron chi connectivity index (χ3n) is 8.26. The molecule has 0 bridgehead atoms. The summed E-state index contributed by atoms with van der Waals surface area (Å²) in [5, 5.41) is 27.7. The summed E-state index contributed by atoms with van der Waals surface area (Å²) >= 11 is 0. The number of aromatic nitrogens is 5. The summed E-state index contributed by atoms with van der Waals surface area (Å²) in [6, 6.07) is 3.62. The first-order chi connectivity index (χ1) is 20.2. The van der Waals surface area contributed by atoms with E-state index < -0.39 is 15.6 Å². The number of aliphatic hydroxyl groups is 2. The molecule has 2 saturated heterocycles. The Bertz CT molecular complexity index is 1610. The Morgan fingerprint density at radius 2 is 1.88 bits per heavy atom. The Morgan fingerprint density at radius 1 is 1.12 bits per heavy atom. The molecule has 13 heteroatoms. The van der Waals surface area contributed by atoms with E-state index >= 15 is 0 Å². The Morgan fingerprint density at radius 3 is 2.60 bits per heavy atom. The van der Waals surface area contributed by atoms with Crippen LogP contribution in [0.15, 0.2) is 36.9 Å². The van der Waals surface area contributed by atoms with Crippen LogP contribution in [0.2, 0.25) is 0 Å². The van der Waals surface area contributed by atoms with Crippen LogP contribution in [0.4, 0.5) is 17.3 Å². The molecule has 3 fully saturated rings. The van der Waals surface area contributed by atoms with Gasteiger partial charge in [0.2, 0.25) is 0 Å². The lowest BCUT2D eigenvalue weighted by Crippen LogP contribution is -2.40. The van der Waals surface area contributed by atoms with E-state index in [9.17, 15) is 18.6 Å². The Labute approximate surface area is 245 Å². The maximum absolute atomic E-state index is 12.5. The fourth-order valence-electron chi connectivity index (χ4n) is 5.11. The van der Waals surface area contributed by atoms with E-state index in [1.165, 1.54) is 12.4 Å². The van der Waals surface area contributed by atoms with E-state index in [2.05, 4.69) is 49.0 Å². The molecule has 0 atom stereocenters. The first kappa shape index (κ1) is 28.5. The number of nitrogens with zero attached hydrogens (tertiary/aromatic N) is 6. The van der Waals surface area contributed by atoms with Crippen LogP contribution in [0.3, 0.4) is 0 Å². The van der Waals surface area contributed by atoms with Gasteiger partial charge < -0.3 is 25.2 Å². The van der Waals surface area contributed by atoms with E-state index in [-0.39, 0.29) is 17.3 Å². The predicted molar refractivity (Wildman–Crippen MR) is 157 cm³/mol. The van der Waals surface area contributed by atoms with E-state index in [1.54, 1.807) is 18.5 Å². The van der Waals surface area contributed by atoms with Crippen LogP contribution in [0.5, 0.6) is 0 Å². The predicted octanol–water partition coefficient (Wildman–Crippen LogP) is 2.31. The molecule has 3 aromatic heterocycles. The van der Waals surface area contributed by atoms with Gasteiger partial charge in [-0.2, -0.15) is 9.19 Å². The fourth-order valence-corrected chi connectivity index (χ4v) is 6.59. The highest BCUT2D eigenvalue weighted by molar-refractivity contribution is 7.90. The van der Waals surface area contributed by atoms with Crippen molar-refractivity contribution in [3.8, 4) is 23.2 Å². The highest BCUT2D eigenvalue weighted by Gasteiger charge is 2.38. The molecule has 3 N–H and O–H groups in total. The average molecular weight is 594 g/mol. The van der Waals surface area contributed by atoms with Crippen molar-refractivity contribution in [1.82, 2.24) is 24.1 Å². The van der Waals surface area contributed by atoms with Crippen molar-refractivity contribution >= 4 is 27.3 Å². The third kappa shape index (κ3) is 6.12. The summed E-state index contributed by atoms with van der Waals surface area (Å²) in [6.07, 6.45) is 10.1. The van der Waals surface area contributed by atoms with Crippen molar-refractivity contribution in [2.45, 2.75) is 56.3 Å². The van der Waals surface area contributed by atoms with Gasteiger partial charge in [0.1, 0.15) is 17.2 Å². The van der Waals surface area contributed by atoms with Gasteiger partial charge in [0, 0.05) is 51.0 Å². The monoisotopic (exact) mass is 593 g/mol. The van der Waals surface area contributed by atoms with Crippen LogP contribution in [0, 0.1) is 17.3 Å². The maximum atomic E-state index is 12.5. The zero-order valence-electron chi connectivity index (χ0n) is 23.5. The van der Waals surface area contributed by atoms with Crippen molar-refractivity contribution < 1.29 is 23.4 Å². The first-order valence-corrected chi connectivity index (χ1v) is 15.8. The Kier molecular flexibility index (Phi) is 7.65. The quantitative estimate of drug-likeness (QED) is 0.346. The second-order valence-corrected chi connectivity index (χ2v) is 13.7. The molecule has 12 nitrogen and oxygen atoms in total. The van der Waals surface area contributed by atoms with E-state index in [0.717, 1.165) is 35.7 Å². The molecule has 1 saturated carbocycles. The van der Waals surface area contributed by atoms with Crippen molar-refractivity contribution in [2.75, 3.05) is 43.1 Å². The summed E-state index contributed by atoms with van der Waals surface area (Å²) < 4.78 is 31.5. The van der Waals surface area contributed by atoms with Gasteiger partial charge in [-0.3, -0.25) is 0 Å². The van der Waals surface area contributed by atoms with Crippen molar-refractivity contribution in [2.24, 2.45) is 5.41 Å². The lowest BCUT2D eigenvalue weighted by Gasteiger charge is -2.39. The zero-order chi connectivity index (χ0) is 29.4. The van der Waals surface area contributed by atoms with E-state index in [4.69, 9.17) is 4.74 Å². The Hall–Kier alpha value is -3.57. The minimum absolute atomic E-state index is 0.114. The molecular weight excluding hydrogens is 558 g/mol. The SMILES string of the molecule is CC1(CO)CCN(c2cc(Nc3ccnc(-c4cnn(S(=O)(=O)C5CC5)c4)n3)ncc2C#CC2(O)CCOCC2)CC1. The second kappa shape index (κ2) is 11.3. The van der Waals surface area contributed by atoms with Crippen LogP contribution in [-0.2, 0) is 14.8 Å². The molecule has 0 unspecified atom stereocenters. The smallest absolute Gasteiger partial charge is 0.256 e. The topological polar surface area (TPSA) is 156 Å². The van der Waals surface area contributed by atoms with Crippen LogP contribution in [-0.4, -0.2) is 86.5 Å². The number of piperidine rings is 1. The third-order valence-corrected chi connectivity index (χ3v) is 10.3. The Balaban J connectivity index is 1.26. The van der Waals surface area contributed by atoms with Gasteiger partial charge in [-0.05, 0) is 37.2 Å². The first-order valence-electron chi connectivity index (χ1n) is 14.3. The van der Waals surface area contributed by atoms with Gasteiger partial charge in [-0.1, -0.05) is 18.8 Å². The zero-order valence-corrected chi connectivity index (χ0v) is 24.3. The second-order valence-electron chi connectivity index (χ2n) is 11.7. The fraction of sp³-hybridized carbons (Fsp3) is 0.517. The van der Waals surface area contributed by atoms with Gasteiger partial charge in [-0.15, -0.1) is 0 Å². The lowest BCUT2D eigenvalue weighted by molar-refractivity contribution is -0.0261. The van der Waals surface area contributed by atoms with Crippen molar-refractivity contribution in [3.05, 3.63) is 42.5 Å². The molecule has 0 radical (unpaired) electrons. The molecule has 3 aliphatic rings. The molecular formula is C29H35N7O5S. The molecule has 0 spiro atoms. The van der Waals surface area contributed by atoms with E-state index in [0.29, 0.717) is 67.5 Å². The minimum atomic E-state index is -3.48. The van der Waals surface area contributed by atoms with Crippen molar-refractivity contribution in [3.63, 3.8) is 0 Å². The highest BCUT2D eigenvalue weighted by Crippen LogP contribution is 2.35. The lowest BCUT2D eigenvalue weighted by atomic mass is 9.81. The summed E-state index contributed by atoms with van der Waals surface area (Å²) in [6.45, 7) is 4.69. The van der Waals surface area contributed by atoms with E-state index in [1.807, 2.05) is 6.07 Å². The maximum Gasteiger partial charge on any atom is 0.256 e. The molecule has 0 amide bonds. The number of hydrogen-bond donors (Lipinski definition) is 3. The van der Waals surface area contributed by atoms with Gasteiger partial charge in [0.25, 0.3) is 10.0 Å². The summed E-state index contributed by atoms with van der Waals surface area (Å²) in [5.74, 6) is 7.62. The number of nitrogens with one attached hydrogen (secondary N) is 1. The molecule has 5 heterocycles. The summed E-state index contributed by atoms with van der Waals surface area (Å²) in [5.41, 5.74) is 0.884. The van der Waals surface area contributed by atoms with Gasteiger partial charge in [0.05, 0.1) is 47.7 Å². The van der Waals surface area contributed by atoms with Gasteiger partial charge in [0.15, 0.2) is 5.82 Å². The van der Waals surface area contributed by atoms with Crippen LogP contribution in [0.1, 0.15) is 51.0 Å². The molecule has 6 rings (SSSR count). The minimum Gasteiger partial charge on any atom is -0.396 e. The number of aliphatic hydroxyl groups excluding tert-OH is 1. The van der Waals surface area contributed by atoms with Crippen LogP contribution in [0.25, 0.3) is 11.4 Å². The number of anilines is 3. The average Bonchev–Trinajstić information content (AvgIpc) is 3.74. The molecule has 0 aromatic carbocycles. The molecule has 1 aliphatic carbocycles. The molecule has 222 valence electrons. The largest absolute Gasteiger partial charge is 0.396 e. The number of rotatable bonds is 7. The highest BCUT2D eigenvalue weighted by atomic mass is 32.2. The standard InChI is InChI=1S/C29H35N7O5S/c1-28(20-37)7-12-35(13-8-28)24-16-26(31-17-21(24)4-6-29(38)9-14-41-15-10-29)33-25-5-11-30-27(34-25)22-18-32-36(19-22)42(39,40)23-2-3-23/h5,11,16-19,23,37-38H,2-3,7-10,12-15,20H2,1H3,(H,30,31,33,34). The van der Waals surface area contributed by atoms with Gasteiger partial charge in [-0.25, -0.2) is 23.4 Å². The molecule has 42 heavy (non-hydrogen) atoms. The van der Waals surface area contributed by atoms with Crippen LogP contribution < -0.4 is 10.2 Å². The van der Waals surface area contributed by atoms with Crippen LogP contribution >= 0.6 is 0 Å².